The first-order valence-electron chi connectivity index (χ1n) is 5.65. The minimum Gasteiger partial charge on any atom is -0.306 e. The first kappa shape index (κ1) is 16.3. The summed E-state index contributed by atoms with van der Waals surface area (Å²) >= 11 is 22.6. The predicted octanol–water partition coefficient (Wildman–Crippen LogP) is 6.73. The maximum atomic E-state index is 6.30. The van der Waals surface area contributed by atoms with E-state index in [9.17, 15) is 0 Å². The lowest BCUT2D eigenvalue weighted by Crippen LogP contribution is -2.22. The molecule has 0 radical (unpaired) electrons. The summed E-state index contributed by atoms with van der Waals surface area (Å²) in [6, 6.07) is 4.12. The van der Waals surface area contributed by atoms with Gasteiger partial charge in [0.15, 0.2) is 0 Å². The fourth-order valence-electron chi connectivity index (χ4n) is 1.78. The summed E-state index contributed by atoms with van der Waals surface area (Å²) in [5.41, 5.74) is 2.22. The van der Waals surface area contributed by atoms with E-state index in [2.05, 4.69) is 50.2 Å². The van der Waals surface area contributed by atoms with Crippen LogP contribution in [0, 0.1) is 0 Å². The van der Waals surface area contributed by atoms with Crippen molar-refractivity contribution in [3.63, 3.8) is 0 Å². The van der Waals surface area contributed by atoms with Crippen molar-refractivity contribution < 1.29 is 0 Å². The van der Waals surface area contributed by atoms with Crippen molar-refractivity contribution in [2.45, 2.75) is 19.4 Å². The van der Waals surface area contributed by atoms with Gasteiger partial charge in [-0.05, 0) is 62.5 Å². The standard InChI is InChI=1S/C12H11Br2Cl2NS2/c1-2-3-17-10(6-4-8(13)18-11(6)14)7-5-9(15)19-12(7)16/h4-5,10,17H,2-3H2,1H3. The highest BCUT2D eigenvalue weighted by Gasteiger charge is 2.22. The quantitative estimate of drug-likeness (QED) is 0.518. The van der Waals surface area contributed by atoms with Crippen LogP contribution in [-0.2, 0) is 0 Å². The van der Waals surface area contributed by atoms with Crippen molar-refractivity contribution in [3.05, 3.63) is 39.5 Å². The van der Waals surface area contributed by atoms with E-state index in [0.717, 1.165) is 30.4 Å². The predicted molar refractivity (Wildman–Crippen MR) is 94.2 cm³/mol. The van der Waals surface area contributed by atoms with E-state index in [1.807, 2.05) is 6.07 Å². The Labute approximate surface area is 147 Å². The van der Waals surface area contributed by atoms with Gasteiger partial charge in [-0.15, -0.1) is 22.7 Å². The van der Waals surface area contributed by atoms with Crippen LogP contribution in [0.25, 0.3) is 0 Å². The van der Waals surface area contributed by atoms with Crippen molar-refractivity contribution in [3.8, 4) is 0 Å². The van der Waals surface area contributed by atoms with Gasteiger partial charge in [0.2, 0.25) is 0 Å². The molecule has 1 nitrogen and oxygen atoms in total. The molecule has 104 valence electrons. The van der Waals surface area contributed by atoms with Crippen LogP contribution in [0.3, 0.4) is 0 Å². The Morgan fingerprint density at radius 1 is 1.21 bits per heavy atom. The zero-order chi connectivity index (χ0) is 14.0. The highest BCUT2D eigenvalue weighted by atomic mass is 79.9. The number of hydrogen-bond acceptors (Lipinski definition) is 3. The fraction of sp³-hybridized carbons (Fsp3) is 0.333. The molecule has 0 spiro atoms. The number of thiophene rings is 2. The van der Waals surface area contributed by atoms with Gasteiger partial charge in [-0.2, -0.15) is 0 Å². The number of hydrogen-bond donors (Lipinski definition) is 1. The molecule has 0 bridgehead atoms. The molecular formula is C12H11Br2Cl2NS2. The van der Waals surface area contributed by atoms with Crippen molar-refractivity contribution in [2.75, 3.05) is 6.54 Å². The van der Waals surface area contributed by atoms with Gasteiger partial charge in [0.25, 0.3) is 0 Å². The van der Waals surface area contributed by atoms with Crippen LogP contribution in [-0.4, -0.2) is 6.54 Å². The maximum absolute atomic E-state index is 6.30. The van der Waals surface area contributed by atoms with Gasteiger partial charge >= 0.3 is 0 Å². The zero-order valence-corrected chi connectivity index (χ0v) is 16.3. The van der Waals surface area contributed by atoms with E-state index < -0.39 is 0 Å². The molecule has 2 heterocycles. The lowest BCUT2D eigenvalue weighted by atomic mass is 10.0. The van der Waals surface area contributed by atoms with Gasteiger partial charge in [-0.25, -0.2) is 0 Å². The van der Waals surface area contributed by atoms with Gasteiger partial charge in [0.1, 0.15) is 0 Å². The van der Waals surface area contributed by atoms with E-state index in [4.69, 9.17) is 23.2 Å². The van der Waals surface area contributed by atoms with Gasteiger partial charge in [0.05, 0.1) is 22.3 Å². The molecule has 0 aromatic carbocycles. The van der Waals surface area contributed by atoms with Crippen LogP contribution in [0.5, 0.6) is 0 Å². The lowest BCUT2D eigenvalue weighted by molar-refractivity contribution is 0.600. The van der Waals surface area contributed by atoms with Crippen molar-refractivity contribution in [1.82, 2.24) is 5.32 Å². The summed E-state index contributed by atoms with van der Waals surface area (Å²) in [7, 11) is 0. The molecule has 0 aliphatic carbocycles. The Kier molecular flexibility index (Phi) is 6.21. The number of rotatable bonds is 5. The van der Waals surface area contributed by atoms with Gasteiger partial charge < -0.3 is 5.32 Å². The third-order valence-corrected chi connectivity index (χ3v) is 6.49. The molecule has 0 saturated carbocycles. The summed E-state index contributed by atoms with van der Waals surface area (Å²) < 4.78 is 3.66. The second-order valence-electron chi connectivity index (χ2n) is 3.95. The van der Waals surface area contributed by atoms with E-state index in [-0.39, 0.29) is 6.04 Å². The van der Waals surface area contributed by atoms with E-state index in [1.165, 1.54) is 16.9 Å². The highest BCUT2D eigenvalue weighted by molar-refractivity contribution is 9.12. The summed E-state index contributed by atoms with van der Waals surface area (Å²) in [5.74, 6) is 0. The number of nitrogens with one attached hydrogen (secondary N) is 1. The fourth-order valence-corrected chi connectivity index (χ4v) is 6.21. The Hall–Kier alpha value is 0.900. The molecule has 0 aliphatic rings. The maximum Gasteiger partial charge on any atom is 0.0995 e. The summed E-state index contributed by atoms with van der Waals surface area (Å²) in [4.78, 5) is 0. The first-order valence-corrected chi connectivity index (χ1v) is 9.63. The third-order valence-electron chi connectivity index (χ3n) is 2.59. The molecule has 19 heavy (non-hydrogen) atoms. The highest BCUT2D eigenvalue weighted by Crippen LogP contribution is 2.42. The van der Waals surface area contributed by atoms with Crippen LogP contribution in [0.4, 0.5) is 0 Å². The molecule has 1 N–H and O–H groups in total. The molecule has 1 unspecified atom stereocenters. The molecule has 2 aromatic rings. The largest absolute Gasteiger partial charge is 0.306 e. The molecule has 0 saturated heterocycles. The van der Waals surface area contributed by atoms with Crippen LogP contribution in [0.15, 0.2) is 19.7 Å². The minimum absolute atomic E-state index is 0.0631. The minimum atomic E-state index is 0.0631. The molecule has 2 rings (SSSR count). The van der Waals surface area contributed by atoms with Gasteiger partial charge in [-0.1, -0.05) is 30.1 Å². The summed E-state index contributed by atoms with van der Waals surface area (Å²) in [6.07, 6.45) is 1.06. The van der Waals surface area contributed by atoms with Gasteiger partial charge in [0, 0.05) is 5.56 Å². The van der Waals surface area contributed by atoms with E-state index in [1.54, 1.807) is 11.3 Å². The van der Waals surface area contributed by atoms with Crippen LogP contribution in [0.2, 0.25) is 8.67 Å². The van der Waals surface area contributed by atoms with Gasteiger partial charge in [-0.3, -0.25) is 0 Å². The van der Waals surface area contributed by atoms with Crippen LogP contribution < -0.4 is 5.32 Å². The third kappa shape index (κ3) is 3.96. The van der Waals surface area contributed by atoms with Crippen molar-refractivity contribution in [1.29, 1.82) is 0 Å². The van der Waals surface area contributed by atoms with Crippen LogP contribution >= 0.6 is 77.7 Å². The van der Waals surface area contributed by atoms with Crippen molar-refractivity contribution >= 4 is 77.7 Å². The summed E-state index contributed by atoms with van der Waals surface area (Å²) in [6.45, 7) is 3.07. The summed E-state index contributed by atoms with van der Waals surface area (Å²) in [5, 5.41) is 3.53. The second-order valence-corrected chi connectivity index (χ2v) is 9.98. The molecule has 0 aliphatic heterocycles. The smallest absolute Gasteiger partial charge is 0.0995 e. The second kappa shape index (κ2) is 7.25. The Bertz CT molecular complexity index is 522. The van der Waals surface area contributed by atoms with Crippen molar-refractivity contribution in [2.24, 2.45) is 0 Å². The topological polar surface area (TPSA) is 12.0 Å². The molecule has 1 atom stereocenters. The Balaban J connectivity index is 2.41. The molecule has 0 fully saturated rings. The molecule has 7 heteroatoms. The lowest BCUT2D eigenvalue weighted by Gasteiger charge is -2.18. The van der Waals surface area contributed by atoms with E-state index >= 15 is 0 Å². The monoisotopic (exact) mass is 461 g/mol. The zero-order valence-electron chi connectivity index (χ0n) is 9.97. The van der Waals surface area contributed by atoms with Crippen LogP contribution in [0.1, 0.15) is 30.5 Å². The first-order chi connectivity index (χ1) is 9.02. The van der Waals surface area contributed by atoms with E-state index in [0.29, 0.717) is 4.34 Å². The average Bonchev–Trinajstić information content (AvgIpc) is 2.83. The normalized spacial score (nSPS) is 12.9. The average molecular weight is 464 g/mol. The SMILES string of the molecule is CCCNC(c1cc(Cl)sc1Cl)c1cc(Br)sc1Br. The Morgan fingerprint density at radius 2 is 1.95 bits per heavy atom. The molecular weight excluding hydrogens is 453 g/mol. The Morgan fingerprint density at radius 3 is 2.42 bits per heavy atom. The molecule has 2 aromatic heterocycles. The molecule has 0 amide bonds. The number of halogens is 4.